The minimum Gasteiger partial charge on any atom is -0.468 e. The molecule has 0 bridgehead atoms. The first-order chi connectivity index (χ1) is 13.4. The number of para-hydroxylation sites is 1. The number of carbonyl (C=O) groups is 3. The van der Waals surface area contributed by atoms with Crippen LogP contribution < -0.4 is 5.32 Å². The van der Waals surface area contributed by atoms with Gasteiger partial charge in [-0.15, -0.1) is 0 Å². The van der Waals surface area contributed by atoms with Crippen molar-refractivity contribution in [3.63, 3.8) is 0 Å². The molecule has 0 saturated heterocycles. The number of halogens is 2. The number of nitrogens with one attached hydrogen (secondary N) is 1. The van der Waals surface area contributed by atoms with Crippen molar-refractivity contribution >= 4 is 45.8 Å². The van der Waals surface area contributed by atoms with E-state index in [9.17, 15) is 23.2 Å². The van der Waals surface area contributed by atoms with Crippen LogP contribution in [0.1, 0.15) is 10.4 Å². The molecule has 28 heavy (non-hydrogen) atoms. The molecule has 1 N–H and O–H groups in total. The van der Waals surface area contributed by atoms with E-state index in [1.807, 2.05) is 0 Å². The van der Waals surface area contributed by atoms with Crippen LogP contribution in [-0.2, 0) is 14.3 Å². The molecule has 1 aliphatic heterocycles. The number of thioether (sulfide) groups is 1. The third kappa shape index (κ3) is 4.09. The number of anilines is 1. The maximum atomic E-state index is 13.6. The fourth-order valence-electron chi connectivity index (χ4n) is 2.59. The van der Waals surface area contributed by atoms with Crippen LogP contribution in [0.5, 0.6) is 0 Å². The first kappa shape index (κ1) is 19.7. The number of Topliss-reactive ketones (excluding diaryl/α,β-unsaturated/α-hetero) is 1. The van der Waals surface area contributed by atoms with Gasteiger partial charge in [0.05, 0.1) is 29.3 Å². The lowest BCUT2D eigenvalue weighted by molar-refractivity contribution is -0.141. The standard InChI is InChI=1S/C19H14F2N2O4S/c1-27-19(26)16-17(25)11-4-2-3-5-13(11)23-18(16)28-9-15(24)22-14-7-6-10(20)8-12(14)21/h2-8,16H,9H2,1H3,(H,22,24). The summed E-state index contributed by atoms with van der Waals surface area (Å²) in [5, 5.41) is 2.42. The van der Waals surface area contributed by atoms with E-state index >= 15 is 0 Å². The van der Waals surface area contributed by atoms with Gasteiger partial charge in [-0.25, -0.2) is 13.8 Å². The second-order valence-electron chi connectivity index (χ2n) is 5.75. The molecule has 2 aromatic rings. The zero-order chi connectivity index (χ0) is 20.3. The minimum atomic E-state index is -1.26. The zero-order valence-electron chi connectivity index (χ0n) is 14.6. The Kier molecular flexibility index (Phi) is 5.84. The van der Waals surface area contributed by atoms with E-state index in [1.165, 1.54) is 0 Å². The van der Waals surface area contributed by atoms with E-state index in [1.54, 1.807) is 24.3 Å². The highest BCUT2D eigenvalue weighted by Gasteiger charge is 2.38. The molecule has 0 aromatic heterocycles. The first-order valence-electron chi connectivity index (χ1n) is 8.08. The summed E-state index contributed by atoms with van der Waals surface area (Å²) in [6.45, 7) is 0. The van der Waals surface area contributed by atoms with Gasteiger partial charge in [0.15, 0.2) is 11.7 Å². The predicted octanol–water partition coefficient (Wildman–Crippen LogP) is 3.35. The summed E-state index contributed by atoms with van der Waals surface area (Å²) >= 11 is 0.873. The van der Waals surface area contributed by atoms with Crippen LogP contribution in [0.15, 0.2) is 47.5 Å². The first-order valence-corrected chi connectivity index (χ1v) is 9.06. The van der Waals surface area contributed by atoms with Crippen molar-refractivity contribution in [3.05, 3.63) is 59.7 Å². The predicted molar refractivity (Wildman–Crippen MR) is 101 cm³/mol. The number of amides is 1. The van der Waals surface area contributed by atoms with E-state index < -0.39 is 35.2 Å². The summed E-state index contributed by atoms with van der Waals surface area (Å²) in [6, 6.07) is 9.29. The van der Waals surface area contributed by atoms with E-state index in [-0.39, 0.29) is 16.5 Å². The summed E-state index contributed by atoms with van der Waals surface area (Å²) in [5.74, 6) is -5.03. The van der Waals surface area contributed by atoms with Gasteiger partial charge in [-0.3, -0.25) is 14.4 Å². The van der Waals surface area contributed by atoms with Gasteiger partial charge in [-0.1, -0.05) is 23.9 Å². The molecule has 144 valence electrons. The van der Waals surface area contributed by atoms with Crippen molar-refractivity contribution < 1.29 is 27.9 Å². The van der Waals surface area contributed by atoms with Gasteiger partial charge in [0, 0.05) is 11.6 Å². The summed E-state index contributed by atoms with van der Waals surface area (Å²) < 4.78 is 31.3. The Labute approximate surface area is 163 Å². The molecule has 1 unspecified atom stereocenters. The Morgan fingerprint density at radius 3 is 2.68 bits per heavy atom. The number of ether oxygens (including phenoxy) is 1. The fourth-order valence-corrected chi connectivity index (χ4v) is 3.47. The molecule has 3 rings (SSSR count). The molecule has 0 spiro atoms. The molecule has 0 aliphatic carbocycles. The number of benzene rings is 2. The Hall–Kier alpha value is -3.07. The molecule has 2 aromatic carbocycles. The molecule has 0 fully saturated rings. The molecule has 1 heterocycles. The average molecular weight is 404 g/mol. The van der Waals surface area contributed by atoms with Crippen molar-refractivity contribution in [2.75, 3.05) is 18.2 Å². The number of rotatable bonds is 4. The monoisotopic (exact) mass is 404 g/mol. The number of esters is 1. The maximum Gasteiger partial charge on any atom is 0.323 e. The fraction of sp³-hybridized carbons (Fsp3) is 0.158. The van der Waals surface area contributed by atoms with Gasteiger partial charge < -0.3 is 10.1 Å². The number of carbonyl (C=O) groups excluding carboxylic acids is 3. The highest BCUT2D eigenvalue weighted by molar-refractivity contribution is 8.14. The van der Waals surface area contributed by atoms with Crippen molar-refractivity contribution in [3.8, 4) is 0 Å². The van der Waals surface area contributed by atoms with Crippen LogP contribution in [-0.4, -0.2) is 35.6 Å². The highest BCUT2D eigenvalue weighted by Crippen LogP contribution is 2.33. The number of fused-ring (bicyclic) bond motifs is 1. The normalized spacial score (nSPS) is 15.5. The molecule has 1 aliphatic rings. The smallest absolute Gasteiger partial charge is 0.323 e. The molecular weight excluding hydrogens is 390 g/mol. The quantitative estimate of drug-likeness (QED) is 0.624. The minimum absolute atomic E-state index is 0.116. The van der Waals surface area contributed by atoms with Crippen LogP contribution in [0.4, 0.5) is 20.2 Å². The number of methoxy groups -OCH3 is 1. The van der Waals surface area contributed by atoms with Crippen molar-refractivity contribution in [1.82, 2.24) is 0 Å². The Morgan fingerprint density at radius 1 is 1.21 bits per heavy atom. The van der Waals surface area contributed by atoms with Crippen molar-refractivity contribution in [1.29, 1.82) is 0 Å². The topological polar surface area (TPSA) is 84.8 Å². The Morgan fingerprint density at radius 2 is 1.96 bits per heavy atom. The number of hydrogen-bond acceptors (Lipinski definition) is 6. The van der Waals surface area contributed by atoms with Crippen LogP contribution in [0, 0.1) is 17.6 Å². The maximum absolute atomic E-state index is 13.6. The molecule has 9 heteroatoms. The highest BCUT2D eigenvalue weighted by atomic mass is 32.2. The van der Waals surface area contributed by atoms with Crippen molar-refractivity contribution in [2.24, 2.45) is 10.9 Å². The third-order valence-corrected chi connectivity index (χ3v) is 4.93. The average Bonchev–Trinajstić information content (AvgIpc) is 2.68. The number of hydrogen-bond donors (Lipinski definition) is 1. The van der Waals surface area contributed by atoms with Gasteiger partial charge in [0.1, 0.15) is 11.6 Å². The summed E-state index contributed by atoms with van der Waals surface area (Å²) in [6.07, 6.45) is 0. The summed E-state index contributed by atoms with van der Waals surface area (Å²) in [5.41, 5.74) is 0.503. The van der Waals surface area contributed by atoms with E-state index in [2.05, 4.69) is 10.3 Å². The Bertz CT molecular complexity index is 994. The van der Waals surface area contributed by atoms with Crippen LogP contribution in [0.2, 0.25) is 0 Å². The SMILES string of the molecule is COC(=O)C1C(=O)c2ccccc2N=C1SCC(=O)Nc1ccc(F)cc1F. The second kappa shape index (κ2) is 8.30. The zero-order valence-corrected chi connectivity index (χ0v) is 15.4. The van der Waals surface area contributed by atoms with Gasteiger partial charge >= 0.3 is 5.97 Å². The lowest BCUT2D eigenvalue weighted by Gasteiger charge is -2.21. The van der Waals surface area contributed by atoms with Gasteiger partial charge in [-0.2, -0.15) is 0 Å². The van der Waals surface area contributed by atoms with E-state index in [4.69, 9.17) is 4.74 Å². The molecule has 0 radical (unpaired) electrons. The molecule has 0 saturated carbocycles. The Balaban J connectivity index is 1.77. The van der Waals surface area contributed by atoms with Crippen LogP contribution in [0.25, 0.3) is 0 Å². The lowest BCUT2D eigenvalue weighted by atomic mass is 9.94. The molecular formula is C19H14F2N2O4S. The molecule has 1 amide bonds. The van der Waals surface area contributed by atoms with Crippen molar-refractivity contribution in [2.45, 2.75) is 0 Å². The van der Waals surface area contributed by atoms with Gasteiger partial charge in [-0.05, 0) is 24.3 Å². The van der Waals surface area contributed by atoms with Gasteiger partial charge in [0.25, 0.3) is 0 Å². The molecule has 1 atom stereocenters. The molecule has 6 nitrogen and oxygen atoms in total. The van der Waals surface area contributed by atoms with E-state index in [0.717, 1.165) is 31.0 Å². The second-order valence-corrected chi connectivity index (χ2v) is 6.74. The number of aliphatic imine (C=N–C) groups is 1. The van der Waals surface area contributed by atoms with Crippen LogP contribution in [0.3, 0.4) is 0 Å². The number of ketones is 1. The summed E-state index contributed by atoms with van der Waals surface area (Å²) in [4.78, 5) is 41.2. The third-order valence-electron chi connectivity index (χ3n) is 3.90. The van der Waals surface area contributed by atoms with E-state index in [0.29, 0.717) is 17.3 Å². The lowest BCUT2D eigenvalue weighted by Crippen LogP contribution is -2.34. The summed E-state index contributed by atoms with van der Waals surface area (Å²) in [7, 11) is 1.16. The number of nitrogens with zero attached hydrogens (tertiary/aromatic N) is 1. The largest absolute Gasteiger partial charge is 0.468 e. The van der Waals surface area contributed by atoms with Gasteiger partial charge in [0.2, 0.25) is 5.91 Å². The van der Waals surface area contributed by atoms with Crippen LogP contribution >= 0.6 is 11.8 Å².